The number of nitrogens with one attached hydrogen (secondary N) is 1. The Balaban J connectivity index is 2.50. The molecule has 0 spiro atoms. The summed E-state index contributed by atoms with van der Waals surface area (Å²) in [5, 5.41) is 12.1. The molecule has 96 valence electrons. The van der Waals surface area contributed by atoms with E-state index in [1.54, 1.807) is 6.20 Å². The zero-order chi connectivity index (χ0) is 13.0. The summed E-state index contributed by atoms with van der Waals surface area (Å²) in [6, 6.07) is 0. The van der Waals surface area contributed by atoms with Crippen LogP contribution in [-0.2, 0) is 18.4 Å². The first-order valence-electron chi connectivity index (χ1n) is 5.29. The minimum Gasteiger partial charge on any atom is -0.382 e. The number of carbonyl (C=O) groups is 1. The summed E-state index contributed by atoms with van der Waals surface area (Å²) in [6.45, 7) is 0.652. The van der Waals surface area contributed by atoms with Crippen LogP contribution in [0.5, 0.6) is 0 Å². The number of rotatable bonds is 6. The molecule has 7 heteroatoms. The number of hydrogen-bond acceptors (Lipinski definition) is 5. The zero-order valence-electron chi connectivity index (χ0n) is 10.3. The lowest BCUT2D eigenvalue weighted by Gasteiger charge is -2.13. The van der Waals surface area contributed by atoms with Gasteiger partial charge in [-0.25, -0.2) is 4.98 Å². The second-order valence-corrected chi connectivity index (χ2v) is 4.05. The molecular weight excluding hydrogens is 222 g/mol. The molecule has 0 aliphatic rings. The smallest absolute Gasteiger partial charge is 0.247 e. The van der Waals surface area contributed by atoms with Gasteiger partial charge in [0.05, 0.1) is 11.9 Å². The number of aliphatic hydroxyl groups excluding tert-OH is 1. The van der Waals surface area contributed by atoms with E-state index in [4.69, 9.17) is 5.73 Å². The largest absolute Gasteiger partial charge is 0.382 e. The number of nitrogens with zero attached hydrogens (tertiary/aromatic N) is 3. The number of anilines is 1. The molecule has 1 atom stereocenters. The number of carbonyl (C=O) groups excluding carboxylic acids is 1. The van der Waals surface area contributed by atoms with Crippen molar-refractivity contribution in [3.05, 3.63) is 11.9 Å². The maximum absolute atomic E-state index is 10.6. The van der Waals surface area contributed by atoms with Gasteiger partial charge in [-0.05, 0) is 0 Å². The minimum absolute atomic E-state index is 0.137. The van der Waals surface area contributed by atoms with Crippen LogP contribution in [-0.4, -0.2) is 47.3 Å². The van der Waals surface area contributed by atoms with Gasteiger partial charge >= 0.3 is 0 Å². The average Bonchev–Trinajstić information content (AvgIpc) is 2.60. The maximum Gasteiger partial charge on any atom is 0.247 e. The van der Waals surface area contributed by atoms with E-state index >= 15 is 0 Å². The summed E-state index contributed by atoms with van der Waals surface area (Å²) >= 11 is 0. The Morgan fingerprint density at radius 2 is 2.35 bits per heavy atom. The van der Waals surface area contributed by atoms with E-state index in [1.807, 2.05) is 30.6 Å². The lowest BCUT2D eigenvalue weighted by atomic mass is 10.3. The van der Waals surface area contributed by atoms with Crippen LogP contribution in [0, 0.1) is 0 Å². The maximum atomic E-state index is 10.6. The highest BCUT2D eigenvalue weighted by Gasteiger charge is 2.11. The molecule has 7 nitrogen and oxygen atoms in total. The van der Waals surface area contributed by atoms with Crippen LogP contribution in [0.3, 0.4) is 0 Å². The van der Waals surface area contributed by atoms with Crippen molar-refractivity contribution < 1.29 is 9.90 Å². The van der Waals surface area contributed by atoms with Crippen LogP contribution in [0.1, 0.15) is 5.69 Å². The number of hydrogen-bond donors (Lipinski definition) is 3. The number of aliphatic hydroxyl groups is 1. The molecule has 0 fully saturated rings. The summed E-state index contributed by atoms with van der Waals surface area (Å²) in [5.41, 5.74) is 5.90. The van der Waals surface area contributed by atoms with Gasteiger partial charge in [0.25, 0.3) is 0 Å². The SMILES string of the molecule is CN(C)c1ncc(CNCC(O)C(N)=O)n1C. The molecule has 1 aromatic heterocycles. The molecule has 1 heterocycles. The number of aromatic nitrogens is 2. The van der Waals surface area contributed by atoms with Crippen molar-refractivity contribution in [1.29, 1.82) is 0 Å². The summed E-state index contributed by atoms with van der Waals surface area (Å²) in [4.78, 5) is 16.8. The Morgan fingerprint density at radius 3 is 2.82 bits per heavy atom. The summed E-state index contributed by atoms with van der Waals surface area (Å²) < 4.78 is 1.93. The topological polar surface area (TPSA) is 96.4 Å². The van der Waals surface area contributed by atoms with Crippen molar-refractivity contribution in [2.75, 3.05) is 25.5 Å². The minimum atomic E-state index is -1.16. The van der Waals surface area contributed by atoms with Crippen molar-refractivity contribution in [1.82, 2.24) is 14.9 Å². The molecule has 0 saturated heterocycles. The zero-order valence-corrected chi connectivity index (χ0v) is 10.3. The van der Waals surface area contributed by atoms with Crippen molar-refractivity contribution >= 4 is 11.9 Å². The number of amides is 1. The predicted molar refractivity (Wildman–Crippen MR) is 64.4 cm³/mol. The quantitative estimate of drug-likeness (QED) is 0.558. The third kappa shape index (κ3) is 3.43. The van der Waals surface area contributed by atoms with Crippen molar-refractivity contribution in [3.63, 3.8) is 0 Å². The highest BCUT2D eigenvalue weighted by Crippen LogP contribution is 2.10. The molecule has 0 bridgehead atoms. The van der Waals surface area contributed by atoms with Crippen LogP contribution in [0.2, 0.25) is 0 Å². The van der Waals surface area contributed by atoms with Gasteiger partial charge in [0.1, 0.15) is 6.10 Å². The van der Waals surface area contributed by atoms with Gasteiger partial charge < -0.3 is 25.6 Å². The first-order valence-corrected chi connectivity index (χ1v) is 5.29. The van der Waals surface area contributed by atoms with Crippen LogP contribution < -0.4 is 16.0 Å². The van der Waals surface area contributed by atoms with Gasteiger partial charge in [0.15, 0.2) is 0 Å². The lowest BCUT2D eigenvalue weighted by Crippen LogP contribution is -2.37. The van der Waals surface area contributed by atoms with Gasteiger partial charge in [0, 0.05) is 34.2 Å². The molecule has 17 heavy (non-hydrogen) atoms. The number of nitrogens with two attached hydrogens (primary N) is 1. The van der Waals surface area contributed by atoms with Crippen LogP contribution in [0.4, 0.5) is 5.95 Å². The molecule has 0 aromatic carbocycles. The van der Waals surface area contributed by atoms with Gasteiger partial charge in [-0.3, -0.25) is 4.79 Å². The Kier molecular flexibility index (Phi) is 4.47. The van der Waals surface area contributed by atoms with E-state index in [2.05, 4.69) is 10.3 Å². The van der Waals surface area contributed by atoms with E-state index in [1.165, 1.54) is 0 Å². The first kappa shape index (κ1) is 13.5. The molecule has 1 unspecified atom stereocenters. The average molecular weight is 241 g/mol. The van der Waals surface area contributed by atoms with E-state index in [-0.39, 0.29) is 6.54 Å². The molecule has 0 aliphatic heterocycles. The van der Waals surface area contributed by atoms with Crippen LogP contribution in [0.15, 0.2) is 6.20 Å². The third-order valence-electron chi connectivity index (χ3n) is 2.43. The summed E-state index contributed by atoms with van der Waals surface area (Å²) in [5.74, 6) is 0.119. The summed E-state index contributed by atoms with van der Waals surface area (Å²) in [6.07, 6.45) is 0.593. The van der Waals surface area contributed by atoms with E-state index in [0.717, 1.165) is 11.6 Å². The molecule has 4 N–H and O–H groups in total. The normalized spacial score (nSPS) is 12.5. The summed E-state index contributed by atoms with van der Waals surface area (Å²) in [7, 11) is 5.73. The Bertz CT molecular complexity index is 388. The second-order valence-electron chi connectivity index (χ2n) is 4.05. The lowest BCUT2D eigenvalue weighted by molar-refractivity contribution is -0.125. The van der Waals surface area contributed by atoms with Crippen molar-refractivity contribution in [3.8, 4) is 0 Å². The van der Waals surface area contributed by atoms with Crippen LogP contribution in [0.25, 0.3) is 0 Å². The van der Waals surface area contributed by atoms with Crippen molar-refractivity contribution in [2.24, 2.45) is 12.8 Å². The Morgan fingerprint density at radius 1 is 1.71 bits per heavy atom. The van der Waals surface area contributed by atoms with Crippen molar-refractivity contribution in [2.45, 2.75) is 12.6 Å². The fraction of sp³-hybridized carbons (Fsp3) is 0.600. The van der Waals surface area contributed by atoms with Gasteiger partial charge in [-0.1, -0.05) is 0 Å². The first-order chi connectivity index (χ1) is 7.93. The van der Waals surface area contributed by atoms with Gasteiger partial charge in [-0.2, -0.15) is 0 Å². The Hall–Kier alpha value is -1.60. The molecule has 1 aromatic rings. The van der Waals surface area contributed by atoms with Gasteiger partial charge in [-0.15, -0.1) is 0 Å². The molecule has 1 amide bonds. The number of primary amides is 1. The fourth-order valence-corrected chi connectivity index (χ4v) is 1.45. The molecule has 0 saturated carbocycles. The number of imidazole rings is 1. The van der Waals surface area contributed by atoms with E-state index in [9.17, 15) is 9.90 Å². The molecule has 0 radical (unpaired) electrons. The highest BCUT2D eigenvalue weighted by atomic mass is 16.3. The van der Waals surface area contributed by atoms with Crippen LogP contribution >= 0.6 is 0 Å². The highest BCUT2D eigenvalue weighted by molar-refractivity contribution is 5.78. The fourth-order valence-electron chi connectivity index (χ4n) is 1.45. The van der Waals surface area contributed by atoms with E-state index < -0.39 is 12.0 Å². The monoisotopic (exact) mass is 241 g/mol. The molecular formula is C10H19N5O2. The Labute approximate surface area is 100 Å². The molecule has 0 aliphatic carbocycles. The predicted octanol–water partition coefficient (Wildman–Crippen LogP) is -1.58. The third-order valence-corrected chi connectivity index (χ3v) is 2.43. The van der Waals surface area contributed by atoms with E-state index in [0.29, 0.717) is 6.54 Å². The second kappa shape index (κ2) is 5.65. The van der Waals surface area contributed by atoms with Gasteiger partial charge in [0.2, 0.25) is 11.9 Å². The molecule has 1 rings (SSSR count). The standard InChI is InChI=1S/C10H19N5O2/c1-14(2)10-13-5-7(15(10)3)4-12-6-8(16)9(11)17/h5,8,12,16H,4,6H2,1-3H3,(H2,11,17).